The molecule has 1 aliphatic heterocycles. The molecule has 0 radical (unpaired) electrons. The lowest BCUT2D eigenvalue weighted by atomic mass is 9.92. The summed E-state index contributed by atoms with van der Waals surface area (Å²) in [5, 5.41) is 8.44. The number of hydrogen-bond donors (Lipinski definition) is 1. The average Bonchev–Trinajstić information content (AvgIpc) is 3.42. The van der Waals surface area contributed by atoms with Crippen LogP contribution in [0.3, 0.4) is 0 Å². The predicted molar refractivity (Wildman–Crippen MR) is 136 cm³/mol. The second kappa shape index (κ2) is 9.63. The van der Waals surface area contributed by atoms with Gasteiger partial charge in [-0.1, -0.05) is 35.3 Å². The fourth-order valence-electron chi connectivity index (χ4n) is 5.19. The van der Waals surface area contributed by atoms with Crippen molar-refractivity contribution in [2.24, 2.45) is 5.92 Å². The third kappa shape index (κ3) is 4.69. The summed E-state index contributed by atoms with van der Waals surface area (Å²) in [6.07, 6.45) is 6.22. The Morgan fingerprint density at radius 3 is 2.56 bits per heavy atom. The Hall–Kier alpha value is -2.50. The minimum Gasteiger partial charge on any atom is -0.491 e. The second-order valence-electron chi connectivity index (χ2n) is 9.60. The van der Waals surface area contributed by atoms with Crippen molar-refractivity contribution in [3.05, 3.63) is 69.5 Å². The number of carbonyl (C=O) groups is 1. The van der Waals surface area contributed by atoms with E-state index in [2.05, 4.69) is 15.1 Å². The van der Waals surface area contributed by atoms with Gasteiger partial charge in [-0.15, -0.1) is 0 Å². The number of nitrogens with one attached hydrogen (secondary N) is 1. The minimum atomic E-state index is -0.0842. The van der Waals surface area contributed by atoms with Crippen LogP contribution in [-0.4, -0.2) is 39.7 Å². The molecule has 1 amide bonds. The van der Waals surface area contributed by atoms with E-state index in [1.165, 1.54) is 11.3 Å². The number of halogens is 2. The zero-order chi connectivity index (χ0) is 23.8. The van der Waals surface area contributed by atoms with E-state index in [0.717, 1.165) is 54.7 Å². The van der Waals surface area contributed by atoms with Crippen LogP contribution in [0.1, 0.15) is 43.5 Å². The Morgan fingerprint density at radius 2 is 1.85 bits per heavy atom. The van der Waals surface area contributed by atoms with E-state index in [4.69, 9.17) is 27.9 Å². The van der Waals surface area contributed by atoms with Gasteiger partial charge in [0.15, 0.2) is 0 Å². The number of nitrogens with zero attached hydrogens (tertiary/aromatic N) is 2. The van der Waals surface area contributed by atoms with Gasteiger partial charge < -0.3 is 9.64 Å². The van der Waals surface area contributed by atoms with Crippen molar-refractivity contribution >= 4 is 29.1 Å². The van der Waals surface area contributed by atoms with Gasteiger partial charge in [0.2, 0.25) is 5.91 Å². The van der Waals surface area contributed by atoms with Crippen LogP contribution in [0.4, 0.5) is 0 Å². The number of rotatable bonds is 6. The quantitative estimate of drug-likeness (QED) is 0.446. The third-order valence-corrected chi connectivity index (χ3v) is 7.61. The highest BCUT2D eigenvalue weighted by molar-refractivity contribution is 6.36. The molecule has 2 heterocycles. The molecule has 1 aromatic heterocycles. The van der Waals surface area contributed by atoms with E-state index >= 15 is 0 Å². The van der Waals surface area contributed by atoms with Crippen molar-refractivity contribution in [2.75, 3.05) is 6.54 Å². The standard InChI is InChI=1S/C27H29Cl2N3O2/c1-16(2)34-22-6-3-17(4-7-22)19-13-24(28)23(25(29)14-19)12-18-9-10-32(27(18)33)21-5-8-26-20(11-21)15-30-31-26/h3-4,6-7,13-16,18,21H,5,8-12H2,1-2H3,(H,30,31)/t18-,21-/m0/s1. The summed E-state index contributed by atoms with van der Waals surface area (Å²) in [6.45, 7) is 4.80. The number of aromatic amines is 1. The summed E-state index contributed by atoms with van der Waals surface area (Å²) < 4.78 is 5.73. The van der Waals surface area contributed by atoms with Crippen LogP contribution in [0.2, 0.25) is 10.0 Å². The number of likely N-dealkylation sites (tertiary alicyclic amines) is 1. The molecule has 1 aliphatic carbocycles. The molecule has 0 unspecified atom stereocenters. The molecule has 2 atom stereocenters. The number of aryl methyl sites for hydroxylation is 1. The summed E-state index contributed by atoms with van der Waals surface area (Å²) in [4.78, 5) is 15.4. The lowest BCUT2D eigenvalue weighted by Crippen LogP contribution is -2.41. The first-order valence-corrected chi connectivity index (χ1v) is 12.7. The molecule has 1 N–H and O–H groups in total. The number of ether oxygens (including phenoxy) is 1. The van der Waals surface area contributed by atoms with Crippen LogP contribution in [0.15, 0.2) is 42.6 Å². The van der Waals surface area contributed by atoms with Gasteiger partial charge in [-0.2, -0.15) is 5.10 Å². The van der Waals surface area contributed by atoms with Crippen LogP contribution in [-0.2, 0) is 24.1 Å². The maximum atomic E-state index is 13.3. The topological polar surface area (TPSA) is 58.2 Å². The summed E-state index contributed by atoms with van der Waals surface area (Å²) in [6, 6.07) is 12.1. The predicted octanol–water partition coefficient (Wildman–Crippen LogP) is 6.12. The van der Waals surface area contributed by atoms with Crippen LogP contribution in [0.5, 0.6) is 5.75 Å². The SMILES string of the molecule is CC(C)Oc1ccc(-c2cc(Cl)c(C[C@@H]3CCN([C@H]4CCc5[nH]ncc5C4)C3=O)c(Cl)c2)cc1. The first-order chi connectivity index (χ1) is 16.4. The van der Waals surface area contributed by atoms with Gasteiger partial charge in [0.25, 0.3) is 0 Å². The molecular formula is C27H29Cl2N3O2. The van der Waals surface area contributed by atoms with E-state index in [1.54, 1.807) is 0 Å². The Bertz CT molecular complexity index is 1170. The highest BCUT2D eigenvalue weighted by Gasteiger charge is 2.37. The second-order valence-corrected chi connectivity index (χ2v) is 10.4. The molecule has 5 nitrogen and oxygen atoms in total. The van der Waals surface area contributed by atoms with Crippen molar-refractivity contribution in [1.29, 1.82) is 0 Å². The van der Waals surface area contributed by atoms with Crippen molar-refractivity contribution in [2.45, 2.75) is 58.1 Å². The first kappa shape index (κ1) is 23.3. The maximum absolute atomic E-state index is 13.3. The van der Waals surface area contributed by atoms with Crippen LogP contribution in [0, 0.1) is 5.92 Å². The fourth-order valence-corrected chi connectivity index (χ4v) is 5.83. The smallest absolute Gasteiger partial charge is 0.226 e. The van der Waals surface area contributed by atoms with Gasteiger partial charge >= 0.3 is 0 Å². The summed E-state index contributed by atoms with van der Waals surface area (Å²) in [5.41, 5.74) is 5.27. The van der Waals surface area contributed by atoms with Gasteiger partial charge in [0, 0.05) is 34.2 Å². The van der Waals surface area contributed by atoms with E-state index in [1.807, 2.05) is 56.4 Å². The largest absolute Gasteiger partial charge is 0.491 e. The molecule has 5 rings (SSSR count). The number of aromatic nitrogens is 2. The van der Waals surface area contributed by atoms with Crippen LogP contribution in [0.25, 0.3) is 11.1 Å². The van der Waals surface area contributed by atoms with E-state index in [0.29, 0.717) is 16.5 Å². The minimum absolute atomic E-state index is 0.0842. The van der Waals surface area contributed by atoms with Crippen molar-refractivity contribution in [3.8, 4) is 16.9 Å². The zero-order valence-corrected chi connectivity index (χ0v) is 21.0. The van der Waals surface area contributed by atoms with Crippen molar-refractivity contribution < 1.29 is 9.53 Å². The van der Waals surface area contributed by atoms with Crippen LogP contribution < -0.4 is 4.74 Å². The molecule has 7 heteroatoms. The molecule has 2 aliphatic rings. The Morgan fingerprint density at radius 1 is 1.12 bits per heavy atom. The number of benzene rings is 2. The third-order valence-electron chi connectivity index (χ3n) is 6.93. The van der Waals surface area contributed by atoms with Gasteiger partial charge in [-0.05, 0) is 92.5 Å². The van der Waals surface area contributed by atoms with Crippen molar-refractivity contribution in [3.63, 3.8) is 0 Å². The molecule has 0 saturated carbocycles. The number of amides is 1. The molecule has 2 aromatic carbocycles. The number of hydrogen-bond acceptors (Lipinski definition) is 3. The molecule has 1 saturated heterocycles. The number of fused-ring (bicyclic) bond motifs is 1. The molecule has 3 aromatic rings. The van der Waals surface area contributed by atoms with Gasteiger partial charge in [0.1, 0.15) is 5.75 Å². The number of carbonyl (C=O) groups excluding carboxylic acids is 1. The normalized spacial score (nSPS) is 20.1. The fraction of sp³-hybridized carbons (Fsp3) is 0.407. The molecule has 0 spiro atoms. The van der Waals surface area contributed by atoms with E-state index < -0.39 is 0 Å². The molecule has 0 bridgehead atoms. The Balaban J connectivity index is 1.28. The van der Waals surface area contributed by atoms with E-state index in [9.17, 15) is 4.79 Å². The Labute approximate surface area is 210 Å². The molecular weight excluding hydrogens is 469 g/mol. The summed E-state index contributed by atoms with van der Waals surface area (Å²) in [7, 11) is 0. The molecule has 1 fully saturated rings. The van der Waals surface area contributed by atoms with E-state index in [-0.39, 0.29) is 24.0 Å². The highest BCUT2D eigenvalue weighted by Crippen LogP contribution is 2.37. The van der Waals surface area contributed by atoms with Crippen LogP contribution >= 0.6 is 23.2 Å². The van der Waals surface area contributed by atoms with Gasteiger partial charge in [-0.3, -0.25) is 9.89 Å². The molecule has 34 heavy (non-hydrogen) atoms. The first-order valence-electron chi connectivity index (χ1n) is 12.0. The summed E-state index contributed by atoms with van der Waals surface area (Å²) >= 11 is 13.4. The number of H-pyrrole nitrogens is 1. The zero-order valence-electron chi connectivity index (χ0n) is 19.5. The lowest BCUT2D eigenvalue weighted by Gasteiger charge is -2.31. The summed E-state index contributed by atoms with van der Waals surface area (Å²) in [5.74, 6) is 0.965. The van der Waals surface area contributed by atoms with Crippen molar-refractivity contribution in [1.82, 2.24) is 15.1 Å². The average molecular weight is 498 g/mol. The van der Waals surface area contributed by atoms with Gasteiger partial charge in [-0.25, -0.2) is 0 Å². The Kier molecular flexibility index (Phi) is 6.59. The lowest BCUT2D eigenvalue weighted by molar-refractivity contribution is -0.133. The molecule has 178 valence electrons. The monoisotopic (exact) mass is 497 g/mol. The van der Waals surface area contributed by atoms with Gasteiger partial charge in [0.05, 0.1) is 12.3 Å². The highest BCUT2D eigenvalue weighted by atomic mass is 35.5. The maximum Gasteiger partial charge on any atom is 0.226 e.